The molecule has 0 saturated heterocycles. The van der Waals surface area contributed by atoms with Crippen LogP contribution < -0.4 is 4.74 Å². The summed E-state index contributed by atoms with van der Waals surface area (Å²) in [5.41, 5.74) is 1.48. The van der Waals surface area contributed by atoms with Crippen molar-refractivity contribution >= 4 is 28.2 Å². The highest BCUT2D eigenvalue weighted by atomic mass is 79.9. The third kappa shape index (κ3) is 6.29. The molecule has 4 nitrogen and oxygen atoms in total. The van der Waals surface area contributed by atoms with Gasteiger partial charge < -0.3 is 9.47 Å². The number of hydrogen-bond donors (Lipinski definition) is 0. The van der Waals surface area contributed by atoms with Gasteiger partial charge in [0.2, 0.25) is 0 Å². The number of aryl methyl sites for hydroxylation is 1. The summed E-state index contributed by atoms with van der Waals surface area (Å²) in [4.78, 5) is 22.2. The molecule has 0 bridgehead atoms. The molecule has 116 valence electrons. The fourth-order valence-electron chi connectivity index (χ4n) is 2.00. The molecule has 0 amide bonds. The van der Waals surface area contributed by atoms with E-state index in [2.05, 4.69) is 15.9 Å². The molecule has 1 rings (SSSR count). The third-order valence-corrected chi connectivity index (χ3v) is 3.43. The molecule has 0 atom stereocenters. The molecule has 0 aliphatic carbocycles. The third-order valence-electron chi connectivity index (χ3n) is 2.97. The number of carbonyl (C=O) groups is 2. The molecule has 0 radical (unpaired) electrons. The van der Waals surface area contributed by atoms with Crippen LogP contribution in [0.2, 0.25) is 0 Å². The number of rotatable bonds is 9. The van der Waals surface area contributed by atoms with E-state index < -0.39 is 0 Å². The Balaban J connectivity index is 2.33. The molecular formula is C16H21BrO4. The van der Waals surface area contributed by atoms with Crippen molar-refractivity contribution in [3.05, 3.63) is 27.7 Å². The summed E-state index contributed by atoms with van der Waals surface area (Å²) in [7, 11) is 0. The molecule has 0 heterocycles. The van der Waals surface area contributed by atoms with Gasteiger partial charge in [-0.25, -0.2) is 0 Å². The lowest BCUT2D eigenvalue weighted by atomic mass is 10.1. The number of aldehydes is 1. The first kappa shape index (κ1) is 17.7. The molecule has 5 heteroatoms. The van der Waals surface area contributed by atoms with Gasteiger partial charge >= 0.3 is 5.97 Å². The summed E-state index contributed by atoms with van der Waals surface area (Å²) in [5, 5.41) is 0. The van der Waals surface area contributed by atoms with Gasteiger partial charge in [0.05, 0.1) is 18.8 Å². The molecule has 0 unspecified atom stereocenters. The minimum Gasteiger partial charge on any atom is -0.493 e. The number of halogens is 1. The van der Waals surface area contributed by atoms with Crippen LogP contribution in [0.4, 0.5) is 0 Å². The Morgan fingerprint density at radius 2 is 2.05 bits per heavy atom. The van der Waals surface area contributed by atoms with Crippen molar-refractivity contribution in [2.75, 3.05) is 13.2 Å². The lowest BCUT2D eigenvalue weighted by molar-refractivity contribution is -0.143. The Labute approximate surface area is 133 Å². The number of carbonyl (C=O) groups excluding carboxylic acids is 2. The molecule has 0 saturated carbocycles. The first-order valence-electron chi connectivity index (χ1n) is 7.12. The molecular weight excluding hydrogens is 336 g/mol. The van der Waals surface area contributed by atoms with Crippen molar-refractivity contribution in [1.82, 2.24) is 0 Å². The lowest BCUT2D eigenvalue weighted by Crippen LogP contribution is -2.05. The molecule has 0 aliphatic heterocycles. The Hall–Kier alpha value is -1.36. The molecule has 0 N–H and O–H groups in total. The van der Waals surface area contributed by atoms with E-state index in [9.17, 15) is 9.59 Å². The van der Waals surface area contributed by atoms with E-state index in [0.717, 1.165) is 35.6 Å². The molecule has 1 aromatic rings. The van der Waals surface area contributed by atoms with Crippen LogP contribution in [-0.4, -0.2) is 25.5 Å². The first-order valence-corrected chi connectivity index (χ1v) is 7.91. The fraction of sp³-hybridized carbons (Fsp3) is 0.500. The van der Waals surface area contributed by atoms with E-state index in [-0.39, 0.29) is 5.97 Å². The van der Waals surface area contributed by atoms with Crippen molar-refractivity contribution in [2.24, 2.45) is 0 Å². The van der Waals surface area contributed by atoms with Crippen molar-refractivity contribution in [3.8, 4) is 5.75 Å². The predicted molar refractivity (Wildman–Crippen MR) is 84.9 cm³/mol. The maximum absolute atomic E-state index is 11.2. The second-order valence-corrected chi connectivity index (χ2v) is 5.64. The lowest BCUT2D eigenvalue weighted by Gasteiger charge is -2.12. The van der Waals surface area contributed by atoms with Crippen LogP contribution in [0.5, 0.6) is 5.75 Å². The standard InChI is InChI=1S/C16H21BrO4/c1-3-20-15(19)7-5-4-6-8-21-16-12(2)9-14(17)10-13(16)11-18/h9-11H,3-8H2,1-2H3. The van der Waals surface area contributed by atoms with Gasteiger partial charge in [0, 0.05) is 10.9 Å². The molecule has 21 heavy (non-hydrogen) atoms. The van der Waals surface area contributed by atoms with Crippen LogP contribution in [-0.2, 0) is 9.53 Å². The zero-order valence-electron chi connectivity index (χ0n) is 12.5. The summed E-state index contributed by atoms with van der Waals surface area (Å²) in [5.74, 6) is 0.490. The molecule has 0 aliphatic rings. The van der Waals surface area contributed by atoms with Gasteiger partial charge in [0.1, 0.15) is 5.75 Å². The second kappa shape index (κ2) is 9.55. The van der Waals surface area contributed by atoms with Gasteiger partial charge in [-0.15, -0.1) is 0 Å². The summed E-state index contributed by atoms with van der Waals surface area (Å²) in [6, 6.07) is 3.67. The predicted octanol–water partition coefficient (Wildman–Crippen LogP) is 4.07. The highest BCUT2D eigenvalue weighted by Gasteiger charge is 2.08. The Morgan fingerprint density at radius 3 is 2.71 bits per heavy atom. The van der Waals surface area contributed by atoms with Gasteiger partial charge in [0.25, 0.3) is 0 Å². The minimum absolute atomic E-state index is 0.148. The van der Waals surface area contributed by atoms with Gasteiger partial charge in [-0.2, -0.15) is 0 Å². The zero-order chi connectivity index (χ0) is 15.7. The van der Waals surface area contributed by atoms with Gasteiger partial charge in [-0.1, -0.05) is 15.9 Å². The topological polar surface area (TPSA) is 52.6 Å². The van der Waals surface area contributed by atoms with Crippen molar-refractivity contribution in [2.45, 2.75) is 39.5 Å². The minimum atomic E-state index is -0.148. The Bertz CT molecular complexity index is 485. The van der Waals surface area contributed by atoms with Crippen molar-refractivity contribution in [1.29, 1.82) is 0 Å². The average Bonchev–Trinajstić information content (AvgIpc) is 2.44. The molecule has 1 aromatic carbocycles. The fourth-order valence-corrected chi connectivity index (χ4v) is 2.59. The Morgan fingerprint density at radius 1 is 1.29 bits per heavy atom. The number of esters is 1. The summed E-state index contributed by atoms with van der Waals surface area (Å²) < 4.78 is 11.4. The van der Waals surface area contributed by atoms with E-state index in [0.29, 0.717) is 30.9 Å². The maximum Gasteiger partial charge on any atom is 0.305 e. The Kier molecular flexibility index (Phi) is 8.05. The van der Waals surface area contributed by atoms with Crippen molar-refractivity contribution < 1.29 is 19.1 Å². The molecule has 0 aromatic heterocycles. The first-order chi connectivity index (χ1) is 10.1. The highest BCUT2D eigenvalue weighted by molar-refractivity contribution is 9.10. The smallest absolute Gasteiger partial charge is 0.305 e. The van der Waals surface area contributed by atoms with E-state index in [4.69, 9.17) is 9.47 Å². The van der Waals surface area contributed by atoms with Gasteiger partial charge in [0.15, 0.2) is 6.29 Å². The quantitative estimate of drug-likeness (QED) is 0.380. The van der Waals surface area contributed by atoms with E-state index in [1.807, 2.05) is 13.0 Å². The molecule has 0 fully saturated rings. The highest BCUT2D eigenvalue weighted by Crippen LogP contribution is 2.27. The van der Waals surface area contributed by atoms with Crippen LogP contribution in [0.25, 0.3) is 0 Å². The number of benzene rings is 1. The van der Waals surface area contributed by atoms with E-state index >= 15 is 0 Å². The van der Waals surface area contributed by atoms with Gasteiger partial charge in [-0.05, 0) is 50.8 Å². The number of ether oxygens (including phenoxy) is 2. The van der Waals surface area contributed by atoms with Crippen LogP contribution in [0.15, 0.2) is 16.6 Å². The number of unbranched alkanes of at least 4 members (excludes halogenated alkanes) is 2. The normalized spacial score (nSPS) is 10.2. The van der Waals surface area contributed by atoms with E-state index in [1.54, 1.807) is 13.0 Å². The van der Waals surface area contributed by atoms with Crippen LogP contribution in [0, 0.1) is 6.92 Å². The summed E-state index contributed by atoms with van der Waals surface area (Å²) in [6.07, 6.45) is 3.78. The van der Waals surface area contributed by atoms with Crippen molar-refractivity contribution in [3.63, 3.8) is 0 Å². The maximum atomic E-state index is 11.2. The van der Waals surface area contributed by atoms with E-state index in [1.165, 1.54) is 0 Å². The molecule has 0 spiro atoms. The summed E-state index contributed by atoms with van der Waals surface area (Å²) in [6.45, 7) is 4.68. The zero-order valence-corrected chi connectivity index (χ0v) is 14.1. The monoisotopic (exact) mass is 356 g/mol. The largest absolute Gasteiger partial charge is 0.493 e. The van der Waals surface area contributed by atoms with Crippen LogP contribution >= 0.6 is 15.9 Å². The number of hydrogen-bond acceptors (Lipinski definition) is 4. The second-order valence-electron chi connectivity index (χ2n) is 4.72. The average molecular weight is 357 g/mol. The van der Waals surface area contributed by atoms with Crippen LogP contribution in [0.1, 0.15) is 48.5 Å². The SMILES string of the molecule is CCOC(=O)CCCCCOc1c(C)cc(Br)cc1C=O. The van der Waals surface area contributed by atoms with Crippen LogP contribution in [0.3, 0.4) is 0 Å². The van der Waals surface area contributed by atoms with Gasteiger partial charge in [-0.3, -0.25) is 9.59 Å². The summed E-state index contributed by atoms with van der Waals surface area (Å²) >= 11 is 3.36.